The molecule has 1 amide bonds. The minimum Gasteiger partial charge on any atom is -0.475 e. The van der Waals surface area contributed by atoms with E-state index in [2.05, 4.69) is 9.71 Å². The summed E-state index contributed by atoms with van der Waals surface area (Å²) in [5, 5.41) is 18.9. The van der Waals surface area contributed by atoms with Crippen LogP contribution >= 0.6 is 0 Å². The van der Waals surface area contributed by atoms with Crippen LogP contribution in [0, 0.1) is 12.3 Å². The molecule has 0 aliphatic rings. The van der Waals surface area contributed by atoms with Crippen LogP contribution in [0.1, 0.15) is 23.1 Å². The van der Waals surface area contributed by atoms with E-state index in [0.29, 0.717) is 11.1 Å². The van der Waals surface area contributed by atoms with Crippen molar-refractivity contribution in [2.45, 2.75) is 24.7 Å². The van der Waals surface area contributed by atoms with Crippen LogP contribution in [-0.2, 0) is 26.0 Å². The van der Waals surface area contributed by atoms with Crippen molar-refractivity contribution in [3.05, 3.63) is 76.1 Å². The number of ether oxygens (including phenoxy) is 1. The molecule has 146 valence electrons. The zero-order valence-corrected chi connectivity index (χ0v) is 16.2. The second-order valence-electron chi connectivity index (χ2n) is 5.96. The van der Waals surface area contributed by atoms with Crippen LogP contribution in [0.3, 0.4) is 0 Å². The zero-order valence-electron chi connectivity index (χ0n) is 15.4. The van der Waals surface area contributed by atoms with Crippen molar-refractivity contribution in [2.75, 3.05) is 7.11 Å². The highest BCUT2D eigenvalue weighted by Gasteiger charge is 2.26. The molecule has 2 N–H and O–H groups in total. The van der Waals surface area contributed by atoms with Gasteiger partial charge in [-0.05, 0) is 37.1 Å². The standard InChI is InChI=1S/C19H19N3O5S/c1-13-7-10-15(11-8-13)28(25,26)22-17(23)12-9-14-5-3-4-6-16(14)18(21-20)19(24)27-2/h3-8,10-11H,9,12H2,1-2H3,(H-,22,23,24)/p+1/b19-18-. The first-order valence-electron chi connectivity index (χ1n) is 8.31. The molecule has 0 spiro atoms. The molecule has 0 atom stereocenters. The second kappa shape index (κ2) is 9.01. The quantitative estimate of drug-likeness (QED) is 0.542. The smallest absolute Gasteiger partial charge is 0.471 e. The molecule has 0 aromatic heterocycles. The highest BCUT2D eigenvalue weighted by atomic mass is 32.2. The van der Waals surface area contributed by atoms with E-state index in [-0.39, 0.29) is 23.4 Å². The molecular formula is C19H20N3O5S+. The number of aliphatic hydroxyl groups excluding tert-OH is 1. The van der Waals surface area contributed by atoms with Crippen LogP contribution < -0.4 is 4.72 Å². The molecule has 8 nitrogen and oxygen atoms in total. The zero-order chi connectivity index (χ0) is 20.7. The first-order chi connectivity index (χ1) is 13.3. The van der Waals surface area contributed by atoms with Crippen molar-refractivity contribution < 1.29 is 23.1 Å². The number of benzene rings is 2. The maximum atomic E-state index is 12.3. The van der Waals surface area contributed by atoms with E-state index in [0.717, 1.165) is 5.56 Å². The van der Waals surface area contributed by atoms with Gasteiger partial charge in [-0.2, -0.15) is 0 Å². The van der Waals surface area contributed by atoms with E-state index in [1.165, 1.54) is 19.2 Å². The average Bonchev–Trinajstić information content (AvgIpc) is 2.67. The minimum absolute atomic E-state index is 0.00108. The van der Waals surface area contributed by atoms with Crippen molar-refractivity contribution in [1.82, 2.24) is 4.72 Å². The number of carbonyl (C=O) groups is 1. The molecule has 28 heavy (non-hydrogen) atoms. The van der Waals surface area contributed by atoms with Gasteiger partial charge in [0.2, 0.25) is 11.3 Å². The van der Waals surface area contributed by atoms with E-state index < -0.39 is 21.9 Å². The summed E-state index contributed by atoms with van der Waals surface area (Å²) in [4.78, 5) is 15.2. The van der Waals surface area contributed by atoms with Crippen molar-refractivity contribution in [2.24, 2.45) is 0 Å². The fraction of sp³-hybridized carbons (Fsp3) is 0.211. The average molecular weight is 402 g/mol. The lowest BCUT2D eigenvalue weighted by atomic mass is 10.0. The lowest BCUT2D eigenvalue weighted by molar-refractivity contribution is -0.119. The van der Waals surface area contributed by atoms with Gasteiger partial charge in [0.05, 0.1) is 17.6 Å². The number of nitrogens with one attached hydrogen (secondary N) is 1. The number of amides is 1. The number of diazo groups is 1. The van der Waals surface area contributed by atoms with Gasteiger partial charge < -0.3 is 9.84 Å². The number of nitrogens with zero attached hydrogens (tertiary/aromatic N) is 2. The summed E-state index contributed by atoms with van der Waals surface area (Å²) in [5.41, 5.74) is 1.64. The Kier molecular flexibility index (Phi) is 6.74. The van der Waals surface area contributed by atoms with Crippen molar-refractivity contribution >= 4 is 21.6 Å². The molecule has 2 aromatic rings. The predicted molar refractivity (Wildman–Crippen MR) is 103 cm³/mol. The molecule has 0 bridgehead atoms. The normalized spacial score (nSPS) is 11.9. The maximum absolute atomic E-state index is 12.3. The highest BCUT2D eigenvalue weighted by Crippen LogP contribution is 2.24. The molecule has 2 rings (SSSR count). The summed E-state index contributed by atoms with van der Waals surface area (Å²) in [7, 11) is -2.74. The van der Waals surface area contributed by atoms with E-state index in [1.54, 1.807) is 36.4 Å². The Morgan fingerprint density at radius 2 is 1.82 bits per heavy atom. The molecule has 0 saturated heterocycles. The summed E-state index contributed by atoms with van der Waals surface area (Å²) < 4.78 is 31.3. The molecule has 0 aliphatic carbocycles. The van der Waals surface area contributed by atoms with Gasteiger partial charge in [-0.15, -0.1) is 0 Å². The number of hydrogen-bond acceptors (Lipinski definition) is 6. The number of rotatable bonds is 7. The van der Waals surface area contributed by atoms with Crippen molar-refractivity contribution in [3.63, 3.8) is 0 Å². The highest BCUT2D eigenvalue weighted by molar-refractivity contribution is 7.90. The summed E-state index contributed by atoms with van der Waals surface area (Å²) in [5.74, 6) is -1.26. The number of methoxy groups -OCH3 is 1. The first-order valence-corrected chi connectivity index (χ1v) is 9.79. The van der Waals surface area contributed by atoms with Gasteiger partial charge in [0.1, 0.15) is 0 Å². The number of carbonyl (C=O) groups excluding carboxylic acids is 1. The summed E-state index contributed by atoms with van der Waals surface area (Å²) in [6, 6.07) is 12.8. The number of aliphatic hydroxyl groups is 1. The fourth-order valence-electron chi connectivity index (χ4n) is 2.50. The molecule has 9 heteroatoms. The Balaban J connectivity index is 2.14. The second-order valence-corrected chi connectivity index (χ2v) is 7.64. The van der Waals surface area contributed by atoms with Crippen LogP contribution in [-0.4, -0.2) is 26.5 Å². The molecule has 0 heterocycles. The van der Waals surface area contributed by atoms with Gasteiger partial charge >= 0.3 is 11.6 Å². The minimum atomic E-state index is -3.96. The first kappa shape index (κ1) is 20.9. The number of hydrogen-bond donors (Lipinski definition) is 2. The Morgan fingerprint density at radius 3 is 2.43 bits per heavy atom. The van der Waals surface area contributed by atoms with Crippen LogP contribution in [0.15, 0.2) is 59.4 Å². The van der Waals surface area contributed by atoms with Crippen molar-refractivity contribution in [1.29, 1.82) is 5.39 Å². The Morgan fingerprint density at radius 1 is 1.18 bits per heavy atom. The van der Waals surface area contributed by atoms with Gasteiger partial charge in [-0.25, -0.2) is 13.1 Å². The molecular weight excluding hydrogens is 382 g/mol. The SMILES string of the molecule is CO/C(O)=C(\[N+]#N)c1ccccc1CCC(=O)NS(=O)(=O)c1ccc(C)cc1. The molecule has 2 aromatic carbocycles. The molecule has 0 fully saturated rings. The molecule has 0 unspecified atom stereocenters. The van der Waals surface area contributed by atoms with Gasteiger partial charge in [-0.1, -0.05) is 35.9 Å². The van der Waals surface area contributed by atoms with Crippen LogP contribution in [0.5, 0.6) is 0 Å². The maximum Gasteiger partial charge on any atom is 0.471 e. The predicted octanol–water partition coefficient (Wildman–Crippen LogP) is 3.12. The Bertz CT molecular complexity index is 1040. The molecule has 0 aliphatic heterocycles. The van der Waals surface area contributed by atoms with Crippen LogP contribution in [0.4, 0.5) is 0 Å². The summed E-state index contributed by atoms with van der Waals surface area (Å²) in [6.45, 7) is 1.83. The van der Waals surface area contributed by atoms with E-state index in [9.17, 15) is 18.3 Å². The number of sulfonamides is 1. The lowest BCUT2D eigenvalue weighted by Gasteiger charge is -2.08. The topological polar surface area (TPSA) is 121 Å². The van der Waals surface area contributed by atoms with E-state index >= 15 is 0 Å². The van der Waals surface area contributed by atoms with Gasteiger partial charge in [0.25, 0.3) is 10.0 Å². The van der Waals surface area contributed by atoms with Crippen LogP contribution in [0.25, 0.3) is 10.7 Å². The molecule has 0 radical (unpaired) electrons. The monoisotopic (exact) mass is 402 g/mol. The largest absolute Gasteiger partial charge is 0.475 e. The Labute approximate surface area is 163 Å². The lowest BCUT2D eigenvalue weighted by Crippen LogP contribution is -2.30. The third-order valence-electron chi connectivity index (χ3n) is 3.97. The fourth-order valence-corrected chi connectivity index (χ4v) is 3.52. The van der Waals surface area contributed by atoms with Gasteiger partial charge in [0, 0.05) is 6.42 Å². The van der Waals surface area contributed by atoms with Gasteiger partial charge in [0.15, 0.2) is 4.98 Å². The van der Waals surface area contributed by atoms with Crippen molar-refractivity contribution in [3.8, 4) is 0 Å². The third-order valence-corrected chi connectivity index (χ3v) is 5.36. The van der Waals surface area contributed by atoms with Crippen LogP contribution in [0.2, 0.25) is 0 Å². The summed E-state index contributed by atoms with van der Waals surface area (Å²) in [6.07, 6.45) is 0.0238. The number of aryl methyl sites for hydroxylation is 2. The summed E-state index contributed by atoms with van der Waals surface area (Å²) >= 11 is 0. The van der Waals surface area contributed by atoms with E-state index in [1.807, 2.05) is 11.6 Å². The van der Waals surface area contributed by atoms with E-state index in [4.69, 9.17) is 5.39 Å². The third kappa shape index (κ3) is 5.08. The Hall–Kier alpha value is -3.38. The molecule has 0 saturated carbocycles. The van der Waals surface area contributed by atoms with Gasteiger partial charge in [-0.3, -0.25) is 4.79 Å².